The quantitative estimate of drug-likeness (QED) is 0.630. The van der Waals surface area contributed by atoms with Crippen LogP contribution in [0.15, 0.2) is 46.9 Å². The fourth-order valence-electron chi connectivity index (χ4n) is 2.20. The van der Waals surface area contributed by atoms with Crippen molar-refractivity contribution in [3.05, 3.63) is 69.7 Å². The third-order valence-electron chi connectivity index (χ3n) is 3.17. The molecule has 1 atom stereocenters. The summed E-state index contributed by atoms with van der Waals surface area (Å²) < 4.78 is 27.9. The van der Waals surface area contributed by atoms with Gasteiger partial charge in [-0.05, 0) is 48.1 Å². The molecule has 0 aliphatic carbocycles. The van der Waals surface area contributed by atoms with E-state index >= 15 is 0 Å². The summed E-state index contributed by atoms with van der Waals surface area (Å²) in [5, 5.41) is 0. The highest BCUT2D eigenvalue weighted by molar-refractivity contribution is 9.10. The van der Waals surface area contributed by atoms with E-state index in [-0.39, 0.29) is 5.92 Å². The molecule has 2 aromatic rings. The van der Waals surface area contributed by atoms with Crippen molar-refractivity contribution in [1.29, 1.82) is 0 Å². The van der Waals surface area contributed by atoms with Gasteiger partial charge in [-0.25, -0.2) is 8.78 Å². The topological polar surface area (TPSA) is 0 Å². The van der Waals surface area contributed by atoms with E-state index in [4.69, 9.17) is 11.6 Å². The highest BCUT2D eigenvalue weighted by Gasteiger charge is 2.14. The predicted molar refractivity (Wildman–Crippen MR) is 82.1 cm³/mol. The van der Waals surface area contributed by atoms with E-state index in [0.29, 0.717) is 17.9 Å². The summed E-state index contributed by atoms with van der Waals surface area (Å²) >= 11 is 9.39. The van der Waals surface area contributed by atoms with E-state index in [1.54, 1.807) is 6.07 Å². The molecule has 0 saturated heterocycles. The van der Waals surface area contributed by atoms with E-state index in [9.17, 15) is 8.78 Å². The summed E-state index contributed by atoms with van der Waals surface area (Å²) in [6, 6.07) is 12.2. The number of benzene rings is 2. The van der Waals surface area contributed by atoms with Crippen LogP contribution in [0.1, 0.15) is 11.1 Å². The van der Waals surface area contributed by atoms with Crippen LogP contribution in [0, 0.1) is 17.6 Å². The zero-order chi connectivity index (χ0) is 14.5. The SMILES string of the molecule is Fc1cccc(CC(CCl)Cc2cccc(Br)c2)c1F. The van der Waals surface area contributed by atoms with Crippen LogP contribution >= 0.6 is 27.5 Å². The van der Waals surface area contributed by atoms with Crippen LogP contribution in [0.3, 0.4) is 0 Å². The molecule has 106 valence electrons. The second-order valence-electron chi connectivity index (χ2n) is 4.77. The Kier molecular flexibility index (Phi) is 5.55. The molecule has 0 aliphatic heterocycles. The van der Waals surface area contributed by atoms with Crippen molar-refractivity contribution >= 4 is 27.5 Å². The zero-order valence-corrected chi connectivity index (χ0v) is 13.1. The number of hydrogen-bond acceptors (Lipinski definition) is 0. The van der Waals surface area contributed by atoms with Gasteiger partial charge in [-0.15, -0.1) is 11.6 Å². The lowest BCUT2D eigenvalue weighted by Crippen LogP contribution is -2.11. The Morgan fingerprint density at radius 1 is 1.05 bits per heavy atom. The molecular weight excluding hydrogens is 346 g/mol. The molecule has 0 bridgehead atoms. The maximum Gasteiger partial charge on any atom is 0.162 e. The highest BCUT2D eigenvalue weighted by atomic mass is 79.9. The first-order valence-electron chi connectivity index (χ1n) is 6.33. The fourth-order valence-corrected chi connectivity index (χ4v) is 2.86. The minimum Gasteiger partial charge on any atom is -0.204 e. The first-order chi connectivity index (χ1) is 9.60. The van der Waals surface area contributed by atoms with Gasteiger partial charge in [-0.1, -0.05) is 40.2 Å². The van der Waals surface area contributed by atoms with Gasteiger partial charge in [-0.3, -0.25) is 0 Å². The van der Waals surface area contributed by atoms with Crippen molar-refractivity contribution in [1.82, 2.24) is 0 Å². The molecule has 1 unspecified atom stereocenters. The molecule has 0 heterocycles. The lowest BCUT2D eigenvalue weighted by atomic mass is 9.94. The molecule has 2 rings (SSSR count). The average Bonchev–Trinajstić information content (AvgIpc) is 2.43. The molecule has 2 aromatic carbocycles. The number of rotatable bonds is 5. The van der Waals surface area contributed by atoms with Crippen LogP contribution in [0.4, 0.5) is 8.78 Å². The number of hydrogen-bond donors (Lipinski definition) is 0. The summed E-state index contributed by atoms with van der Waals surface area (Å²) in [6.45, 7) is 0. The molecule has 0 saturated carbocycles. The van der Waals surface area contributed by atoms with Crippen LogP contribution in [-0.2, 0) is 12.8 Å². The van der Waals surface area contributed by atoms with Crippen LogP contribution in [-0.4, -0.2) is 5.88 Å². The van der Waals surface area contributed by atoms with Crippen LogP contribution in [0.25, 0.3) is 0 Å². The first kappa shape index (κ1) is 15.5. The van der Waals surface area contributed by atoms with E-state index in [1.807, 2.05) is 24.3 Å². The van der Waals surface area contributed by atoms with Crippen molar-refractivity contribution in [3.63, 3.8) is 0 Å². The van der Waals surface area contributed by atoms with Gasteiger partial charge in [0.15, 0.2) is 11.6 Å². The van der Waals surface area contributed by atoms with Gasteiger partial charge in [0.1, 0.15) is 0 Å². The van der Waals surface area contributed by atoms with Gasteiger partial charge in [0.25, 0.3) is 0 Å². The van der Waals surface area contributed by atoms with Crippen molar-refractivity contribution in [2.45, 2.75) is 12.8 Å². The monoisotopic (exact) mass is 358 g/mol. The summed E-state index contributed by atoms with van der Waals surface area (Å²) in [5.41, 5.74) is 1.51. The normalized spacial score (nSPS) is 12.4. The predicted octanol–water partition coefficient (Wildman–Crippen LogP) is 5.37. The van der Waals surface area contributed by atoms with Crippen LogP contribution in [0.5, 0.6) is 0 Å². The summed E-state index contributed by atoms with van der Waals surface area (Å²) in [7, 11) is 0. The standard InChI is InChI=1S/C16H14BrClF2/c17-14-5-1-3-11(9-14)7-12(10-18)8-13-4-2-6-15(19)16(13)20/h1-6,9,12H,7-8,10H2. The largest absolute Gasteiger partial charge is 0.204 e. The Morgan fingerprint density at radius 2 is 1.80 bits per heavy atom. The second-order valence-corrected chi connectivity index (χ2v) is 6.00. The molecule has 0 spiro atoms. The Hall–Kier alpha value is -0.930. The third kappa shape index (κ3) is 4.03. The summed E-state index contributed by atoms with van der Waals surface area (Å²) in [4.78, 5) is 0. The number of alkyl halides is 1. The van der Waals surface area contributed by atoms with Crippen molar-refractivity contribution in [3.8, 4) is 0 Å². The van der Waals surface area contributed by atoms with Crippen molar-refractivity contribution in [2.75, 3.05) is 5.88 Å². The molecule has 20 heavy (non-hydrogen) atoms. The first-order valence-corrected chi connectivity index (χ1v) is 7.66. The Balaban J connectivity index is 2.11. The molecule has 0 aliphatic rings. The molecule has 4 heteroatoms. The average molecular weight is 360 g/mol. The summed E-state index contributed by atoms with van der Waals surface area (Å²) in [5.74, 6) is -1.10. The molecule has 0 aromatic heterocycles. The fraction of sp³-hybridized carbons (Fsp3) is 0.250. The van der Waals surface area contributed by atoms with Gasteiger partial charge < -0.3 is 0 Å². The van der Waals surface area contributed by atoms with Crippen LogP contribution in [0.2, 0.25) is 0 Å². The van der Waals surface area contributed by atoms with Gasteiger partial charge in [0.05, 0.1) is 0 Å². The zero-order valence-electron chi connectivity index (χ0n) is 10.8. The van der Waals surface area contributed by atoms with Gasteiger partial charge in [0.2, 0.25) is 0 Å². The Morgan fingerprint density at radius 3 is 2.50 bits per heavy atom. The van der Waals surface area contributed by atoms with Gasteiger partial charge in [-0.2, -0.15) is 0 Å². The molecule has 0 fully saturated rings. The maximum absolute atomic E-state index is 13.7. The van der Waals surface area contributed by atoms with Gasteiger partial charge in [0, 0.05) is 10.4 Å². The Labute approximate surface area is 130 Å². The highest BCUT2D eigenvalue weighted by Crippen LogP contribution is 2.21. The van der Waals surface area contributed by atoms with Crippen molar-refractivity contribution < 1.29 is 8.78 Å². The molecule has 0 nitrogen and oxygen atoms in total. The van der Waals surface area contributed by atoms with E-state index in [2.05, 4.69) is 15.9 Å². The molecular formula is C16H14BrClF2. The lowest BCUT2D eigenvalue weighted by molar-refractivity contribution is 0.483. The minimum absolute atomic E-state index is 0.0715. The van der Waals surface area contributed by atoms with E-state index < -0.39 is 11.6 Å². The lowest BCUT2D eigenvalue weighted by Gasteiger charge is -2.15. The number of halogens is 4. The summed E-state index contributed by atoms with van der Waals surface area (Å²) in [6.07, 6.45) is 1.17. The van der Waals surface area contributed by atoms with E-state index in [1.165, 1.54) is 6.07 Å². The Bertz CT molecular complexity index is 586. The second kappa shape index (κ2) is 7.19. The molecule has 0 N–H and O–H groups in total. The van der Waals surface area contributed by atoms with Crippen molar-refractivity contribution in [2.24, 2.45) is 5.92 Å². The smallest absolute Gasteiger partial charge is 0.162 e. The van der Waals surface area contributed by atoms with E-state index in [0.717, 1.165) is 22.5 Å². The minimum atomic E-state index is -0.807. The van der Waals surface area contributed by atoms with Gasteiger partial charge >= 0.3 is 0 Å². The molecule has 0 amide bonds. The maximum atomic E-state index is 13.7. The van der Waals surface area contributed by atoms with Crippen LogP contribution < -0.4 is 0 Å². The molecule has 0 radical (unpaired) electrons. The third-order valence-corrected chi connectivity index (χ3v) is 4.10.